The van der Waals surface area contributed by atoms with Crippen molar-refractivity contribution in [1.29, 1.82) is 0 Å². The topological polar surface area (TPSA) is 87.6 Å². The molecule has 0 saturated carbocycles. The second-order valence-electron chi connectivity index (χ2n) is 8.15. The van der Waals surface area contributed by atoms with Gasteiger partial charge in [-0.3, -0.25) is 4.79 Å². The molecule has 3 heterocycles. The number of carbonyl (C=O) groups is 1. The predicted molar refractivity (Wildman–Crippen MR) is 137 cm³/mol. The molecule has 0 fully saturated rings. The van der Waals surface area contributed by atoms with Crippen LogP contribution >= 0.6 is 11.3 Å². The summed E-state index contributed by atoms with van der Waals surface area (Å²) in [5.74, 6) is -0.276. The maximum Gasteiger partial charge on any atom is 0.275 e. The molecule has 0 atom stereocenters. The summed E-state index contributed by atoms with van der Waals surface area (Å²) in [6, 6.07) is 29.4. The fourth-order valence-corrected chi connectivity index (χ4v) is 5.13. The number of benzene rings is 3. The molecule has 0 aliphatic rings. The van der Waals surface area contributed by atoms with Crippen LogP contribution in [-0.4, -0.2) is 15.4 Å². The molecule has 0 radical (unpaired) electrons. The van der Waals surface area contributed by atoms with Gasteiger partial charge in [-0.05, 0) is 23.8 Å². The molecule has 0 bridgehead atoms. The normalized spacial score (nSPS) is 11.8. The minimum Gasteiger partial charge on any atom is -0.545 e. The molecule has 0 saturated heterocycles. The summed E-state index contributed by atoms with van der Waals surface area (Å²) < 4.78 is 8.05. The minimum absolute atomic E-state index is 0.0680. The average Bonchev–Trinajstić information content (AvgIpc) is 3.61. The SMILES string of the molecule is O=C([O-])c1cccc(-c2ccc(/C=c3/sc4nc(-c5ccccc5)c(-c5ccccc5)n4c3=O)o2)c1. The lowest BCUT2D eigenvalue weighted by molar-refractivity contribution is -0.255. The van der Waals surface area contributed by atoms with Crippen LogP contribution in [0.3, 0.4) is 0 Å². The lowest BCUT2D eigenvalue weighted by atomic mass is 10.1. The number of hydrogen-bond donors (Lipinski definition) is 0. The summed E-state index contributed by atoms with van der Waals surface area (Å²) in [5, 5.41) is 11.2. The van der Waals surface area contributed by atoms with Gasteiger partial charge in [-0.1, -0.05) is 90.2 Å². The lowest BCUT2D eigenvalue weighted by Gasteiger charge is -2.04. The van der Waals surface area contributed by atoms with Crippen molar-refractivity contribution in [3.63, 3.8) is 0 Å². The number of hydrogen-bond acceptors (Lipinski definition) is 6. The van der Waals surface area contributed by atoms with Crippen molar-refractivity contribution >= 4 is 28.3 Å². The Morgan fingerprint density at radius 3 is 2.28 bits per heavy atom. The molecule has 6 aromatic rings. The average molecular weight is 490 g/mol. The Morgan fingerprint density at radius 1 is 0.861 bits per heavy atom. The monoisotopic (exact) mass is 489 g/mol. The minimum atomic E-state index is -1.25. The molecule has 174 valence electrons. The number of aromatic carboxylic acids is 1. The van der Waals surface area contributed by atoms with Crippen LogP contribution in [0.4, 0.5) is 0 Å². The summed E-state index contributed by atoms with van der Waals surface area (Å²) in [5.41, 5.74) is 3.84. The standard InChI is InChI=1S/C29H18N2O4S/c32-27-24(17-22-14-15-23(35-22)20-12-7-13-21(16-20)28(33)34)36-29-30-25(18-8-3-1-4-9-18)26(31(27)29)19-10-5-2-6-11-19/h1-17H,(H,33,34)/p-1/b24-17+. The van der Waals surface area contributed by atoms with Gasteiger partial charge in [0.25, 0.3) is 5.56 Å². The second kappa shape index (κ2) is 8.79. The van der Waals surface area contributed by atoms with Crippen LogP contribution in [0, 0.1) is 0 Å². The number of aromatic nitrogens is 2. The summed E-state index contributed by atoms with van der Waals surface area (Å²) in [6.07, 6.45) is 1.69. The van der Waals surface area contributed by atoms with Crippen LogP contribution in [0.5, 0.6) is 0 Å². The number of carbonyl (C=O) groups excluding carboxylic acids is 1. The fraction of sp³-hybridized carbons (Fsp3) is 0. The first kappa shape index (κ1) is 21.8. The van der Waals surface area contributed by atoms with E-state index in [1.54, 1.807) is 34.7 Å². The Labute approximate surface area is 209 Å². The van der Waals surface area contributed by atoms with Crippen molar-refractivity contribution in [2.75, 3.05) is 0 Å². The third-order valence-corrected chi connectivity index (χ3v) is 6.81. The Hall–Kier alpha value is -4.75. The zero-order chi connectivity index (χ0) is 24.6. The third kappa shape index (κ3) is 3.81. The number of carboxylic acid groups (broad SMARTS) is 1. The van der Waals surface area contributed by atoms with Gasteiger partial charge in [0.1, 0.15) is 16.1 Å². The maximum absolute atomic E-state index is 13.6. The van der Waals surface area contributed by atoms with Gasteiger partial charge < -0.3 is 14.3 Å². The highest BCUT2D eigenvalue weighted by Crippen LogP contribution is 2.32. The van der Waals surface area contributed by atoms with Gasteiger partial charge in [0.2, 0.25) is 0 Å². The van der Waals surface area contributed by atoms with Crippen molar-refractivity contribution < 1.29 is 14.3 Å². The van der Waals surface area contributed by atoms with Gasteiger partial charge in [0.15, 0.2) is 4.96 Å². The number of nitrogens with zero attached hydrogens (tertiary/aromatic N) is 2. The molecule has 0 amide bonds. The molecule has 0 aliphatic heterocycles. The highest BCUT2D eigenvalue weighted by atomic mass is 32.1. The van der Waals surface area contributed by atoms with Crippen LogP contribution in [-0.2, 0) is 0 Å². The quantitative estimate of drug-likeness (QED) is 0.361. The third-order valence-electron chi connectivity index (χ3n) is 5.84. The molecule has 3 aromatic carbocycles. The number of thiazole rings is 1. The Balaban J connectivity index is 1.48. The molecule has 0 unspecified atom stereocenters. The Morgan fingerprint density at radius 2 is 1.56 bits per heavy atom. The molecule has 6 rings (SSSR count). The van der Waals surface area contributed by atoms with Gasteiger partial charge in [-0.2, -0.15) is 0 Å². The van der Waals surface area contributed by atoms with Crippen LogP contribution in [0.2, 0.25) is 0 Å². The van der Waals surface area contributed by atoms with Crippen LogP contribution in [0.1, 0.15) is 16.1 Å². The van der Waals surface area contributed by atoms with Gasteiger partial charge in [-0.25, -0.2) is 9.38 Å². The van der Waals surface area contributed by atoms with E-state index in [4.69, 9.17) is 9.40 Å². The molecule has 3 aromatic heterocycles. The summed E-state index contributed by atoms with van der Waals surface area (Å²) in [4.78, 5) is 30.2. The molecule has 0 spiro atoms. The van der Waals surface area contributed by atoms with Crippen LogP contribution < -0.4 is 15.2 Å². The molecule has 6 nitrogen and oxygen atoms in total. The van der Waals surface area contributed by atoms with Crippen LogP contribution in [0.15, 0.2) is 106 Å². The predicted octanol–water partition coefficient (Wildman–Crippen LogP) is 4.26. The maximum atomic E-state index is 13.6. The summed E-state index contributed by atoms with van der Waals surface area (Å²) in [6.45, 7) is 0. The van der Waals surface area contributed by atoms with Crippen molar-refractivity contribution in [3.8, 4) is 33.8 Å². The van der Waals surface area contributed by atoms with E-state index in [0.29, 0.717) is 26.6 Å². The van der Waals surface area contributed by atoms with E-state index in [-0.39, 0.29) is 11.1 Å². The molecule has 36 heavy (non-hydrogen) atoms. The van der Waals surface area contributed by atoms with Gasteiger partial charge in [0, 0.05) is 22.8 Å². The second-order valence-corrected chi connectivity index (χ2v) is 9.15. The smallest absolute Gasteiger partial charge is 0.275 e. The van der Waals surface area contributed by atoms with E-state index >= 15 is 0 Å². The number of imidazole rings is 1. The molecular formula is C29H17N2O4S-. The largest absolute Gasteiger partial charge is 0.545 e. The fourth-order valence-electron chi connectivity index (χ4n) is 4.17. The lowest BCUT2D eigenvalue weighted by Crippen LogP contribution is -2.23. The molecule has 0 N–H and O–H groups in total. The van der Waals surface area contributed by atoms with E-state index < -0.39 is 5.97 Å². The number of rotatable bonds is 5. The highest BCUT2D eigenvalue weighted by Gasteiger charge is 2.20. The Kier molecular flexibility index (Phi) is 5.32. The first-order valence-corrected chi connectivity index (χ1v) is 12.0. The molecule has 7 heteroatoms. The Bertz CT molecular complexity index is 1830. The molecular weight excluding hydrogens is 472 g/mol. The number of fused-ring (bicyclic) bond motifs is 1. The number of carboxylic acids is 1. The van der Waals surface area contributed by atoms with E-state index in [1.807, 2.05) is 60.7 Å². The summed E-state index contributed by atoms with van der Waals surface area (Å²) >= 11 is 1.29. The summed E-state index contributed by atoms with van der Waals surface area (Å²) in [7, 11) is 0. The van der Waals surface area contributed by atoms with Crippen molar-refractivity contribution in [2.24, 2.45) is 0 Å². The van der Waals surface area contributed by atoms with Gasteiger partial charge in [-0.15, -0.1) is 0 Å². The first-order chi connectivity index (χ1) is 17.6. The molecule has 0 aliphatic carbocycles. The van der Waals surface area contributed by atoms with Gasteiger partial charge >= 0.3 is 0 Å². The van der Waals surface area contributed by atoms with E-state index in [1.165, 1.54) is 23.5 Å². The van der Waals surface area contributed by atoms with Crippen LogP contribution in [0.25, 0.3) is 44.9 Å². The first-order valence-electron chi connectivity index (χ1n) is 11.2. The van der Waals surface area contributed by atoms with Crippen molar-refractivity contribution in [3.05, 3.63) is 123 Å². The van der Waals surface area contributed by atoms with E-state index in [9.17, 15) is 14.7 Å². The highest BCUT2D eigenvalue weighted by molar-refractivity contribution is 7.15. The van der Waals surface area contributed by atoms with Crippen molar-refractivity contribution in [1.82, 2.24) is 9.38 Å². The zero-order valence-electron chi connectivity index (χ0n) is 18.8. The van der Waals surface area contributed by atoms with Crippen molar-refractivity contribution in [2.45, 2.75) is 0 Å². The van der Waals surface area contributed by atoms with E-state index in [2.05, 4.69) is 0 Å². The number of furan rings is 1. The zero-order valence-corrected chi connectivity index (χ0v) is 19.6. The van der Waals surface area contributed by atoms with E-state index in [0.717, 1.165) is 22.5 Å². The van der Waals surface area contributed by atoms with Gasteiger partial charge in [0.05, 0.1) is 17.4 Å².